The molecule has 0 aliphatic rings. The monoisotopic (exact) mass is 530 g/mol. The second-order valence-electron chi connectivity index (χ2n) is 10.1. The first kappa shape index (κ1) is 14.8. The van der Waals surface area contributed by atoms with Gasteiger partial charge < -0.3 is 4.42 Å². The second kappa shape index (κ2) is 8.55. The minimum Gasteiger partial charge on any atom is -0.456 e. The summed E-state index contributed by atoms with van der Waals surface area (Å²) in [6, 6.07) is 22.5. The molecule has 0 aliphatic carbocycles. The van der Waals surface area contributed by atoms with Gasteiger partial charge in [-0.3, -0.25) is 0 Å². The van der Waals surface area contributed by atoms with Crippen molar-refractivity contribution in [2.24, 2.45) is 0 Å². The van der Waals surface area contributed by atoms with Gasteiger partial charge in [0.1, 0.15) is 11.2 Å². The molecule has 1 heteroatoms. The molecule has 0 amide bonds. The van der Waals surface area contributed by atoms with E-state index in [2.05, 4.69) is 6.07 Å². The molecular formula is C40H24O. The summed E-state index contributed by atoms with van der Waals surface area (Å²) >= 11 is 0. The molecule has 0 saturated heterocycles. The fourth-order valence-corrected chi connectivity index (χ4v) is 6.31. The Kier molecular flexibility index (Phi) is 3.09. The molecule has 1 heterocycles. The van der Waals surface area contributed by atoms with Crippen molar-refractivity contribution < 1.29 is 18.1 Å². The lowest BCUT2D eigenvalue weighted by Gasteiger charge is -2.19. The number of fused-ring (bicyclic) bond motifs is 3. The predicted octanol–water partition coefficient (Wildman–Crippen LogP) is 11.5. The van der Waals surface area contributed by atoms with Crippen LogP contribution < -0.4 is 0 Å². The lowest BCUT2D eigenvalue weighted by Crippen LogP contribution is -1.92. The maximum atomic E-state index is 8.90. The molecule has 0 N–H and O–H groups in total. The van der Waals surface area contributed by atoms with Gasteiger partial charge in [-0.15, -0.1) is 0 Å². The predicted molar refractivity (Wildman–Crippen MR) is 174 cm³/mol. The summed E-state index contributed by atoms with van der Waals surface area (Å²) in [6.07, 6.45) is 0. The van der Waals surface area contributed by atoms with Crippen LogP contribution in [-0.4, -0.2) is 0 Å². The van der Waals surface area contributed by atoms with Crippen molar-refractivity contribution in [3.8, 4) is 33.4 Å². The molecule has 0 atom stereocenters. The molecule has 0 bridgehead atoms. The van der Waals surface area contributed by atoms with Crippen molar-refractivity contribution in [3.05, 3.63) is 145 Å². The number of rotatable bonds is 3. The normalized spacial score (nSPS) is 15.3. The third-order valence-corrected chi connectivity index (χ3v) is 8.01. The van der Waals surface area contributed by atoms with Crippen LogP contribution in [0.25, 0.3) is 87.6 Å². The Morgan fingerprint density at radius 2 is 1.02 bits per heavy atom. The summed E-state index contributed by atoms with van der Waals surface area (Å²) in [6.45, 7) is 0. The van der Waals surface area contributed by atoms with E-state index in [4.69, 9.17) is 18.1 Å². The van der Waals surface area contributed by atoms with E-state index in [1.54, 1.807) is 6.07 Å². The Morgan fingerprint density at radius 1 is 0.415 bits per heavy atom. The van der Waals surface area contributed by atoms with Crippen LogP contribution in [0.4, 0.5) is 0 Å². The van der Waals surface area contributed by atoms with Gasteiger partial charge in [0.15, 0.2) is 0 Å². The highest BCUT2D eigenvalue weighted by Crippen LogP contribution is 2.47. The van der Waals surface area contributed by atoms with Crippen molar-refractivity contribution in [1.29, 1.82) is 0 Å². The maximum Gasteiger partial charge on any atom is 0.136 e. The van der Waals surface area contributed by atoms with Crippen molar-refractivity contribution in [3.63, 3.8) is 0 Å². The lowest BCUT2D eigenvalue weighted by atomic mass is 9.84. The smallest absolute Gasteiger partial charge is 0.136 e. The zero-order chi connectivity index (χ0) is 35.6. The Morgan fingerprint density at radius 3 is 1.76 bits per heavy atom. The molecule has 1 aromatic heterocycles. The van der Waals surface area contributed by atoms with E-state index < -0.39 is 60.4 Å². The van der Waals surface area contributed by atoms with Gasteiger partial charge in [-0.1, -0.05) is 127 Å². The first-order valence-electron chi connectivity index (χ1n) is 18.3. The Bertz CT molecular complexity index is 2830. The van der Waals surface area contributed by atoms with Crippen molar-refractivity contribution in [2.75, 3.05) is 0 Å². The molecule has 0 radical (unpaired) electrons. The van der Waals surface area contributed by atoms with Crippen LogP contribution in [0.1, 0.15) is 13.7 Å². The van der Waals surface area contributed by atoms with E-state index in [0.717, 1.165) is 49.2 Å². The van der Waals surface area contributed by atoms with E-state index >= 15 is 0 Å². The fourth-order valence-electron chi connectivity index (χ4n) is 6.31. The van der Waals surface area contributed by atoms with Crippen LogP contribution in [0.5, 0.6) is 0 Å². The average molecular weight is 531 g/mol. The van der Waals surface area contributed by atoms with Crippen LogP contribution in [0.15, 0.2) is 150 Å². The summed E-state index contributed by atoms with van der Waals surface area (Å²) in [7, 11) is 0. The minimum absolute atomic E-state index is 0.0394. The highest BCUT2D eigenvalue weighted by atomic mass is 16.3. The van der Waals surface area contributed by atoms with Crippen LogP contribution in [0.3, 0.4) is 0 Å². The van der Waals surface area contributed by atoms with Crippen molar-refractivity contribution in [2.45, 2.75) is 0 Å². The molecule has 0 aliphatic heterocycles. The number of hydrogen-bond donors (Lipinski definition) is 0. The minimum atomic E-state index is -0.525. The van der Waals surface area contributed by atoms with Crippen molar-refractivity contribution >= 4 is 54.3 Å². The first-order valence-corrected chi connectivity index (χ1v) is 13.3. The molecule has 0 unspecified atom stereocenters. The largest absolute Gasteiger partial charge is 0.456 e. The molecule has 8 aromatic carbocycles. The Hall–Kier alpha value is -5.40. The van der Waals surface area contributed by atoms with Gasteiger partial charge in [0.2, 0.25) is 0 Å². The zero-order valence-corrected chi connectivity index (χ0v) is 21.5. The third kappa shape index (κ3) is 3.24. The second-order valence-corrected chi connectivity index (χ2v) is 10.1. The van der Waals surface area contributed by atoms with E-state index in [1.165, 1.54) is 0 Å². The molecule has 190 valence electrons. The molecule has 41 heavy (non-hydrogen) atoms. The van der Waals surface area contributed by atoms with E-state index in [0.29, 0.717) is 27.3 Å². The summed E-state index contributed by atoms with van der Waals surface area (Å²) in [4.78, 5) is 0. The number of benzene rings is 8. The maximum absolute atomic E-state index is 8.90. The lowest BCUT2D eigenvalue weighted by molar-refractivity contribution is 0.669. The fraction of sp³-hybridized carbons (Fsp3) is 0. The SMILES string of the molecule is [2H]c1c([2H])c([2H])c(-c2cc(-c3c([2H])c([2H])c([2H])c([2H])c3[2H])c3ccc4c(-c5cccc6oc7ccccc7c56)ccc5ccc2c3c54)c([2H])c1[2H]. The Labute approximate surface area is 251 Å². The van der Waals surface area contributed by atoms with Crippen LogP contribution >= 0.6 is 0 Å². The van der Waals surface area contributed by atoms with E-state index in [1.807, 2.05) is 72.8 Å². The average Bonchev–Trinajstić information content (AvgIpc) is 3.53. The quantitative estimate of drug-likeness (QED) is 0.207. The molecule has 0 saturated carbocycles. The summed E-state index contributed by atoms with van der Waals surface area (Å²) < 4.78 is 92.1. The first-order chi connectivity index (χ1) is 24.5. The topological polar surface area (TPSA) is 13.1 Å². The van der Waals surface area contributed by atoms with Crippen LogP contribution in [0, 0.1) is 0 Å². The van der Waals surface area contributed by atoms with Gasteiger partial charge in [0, 0.05) is 10.8 Å². The van der Waals surface area contributed by atoms with E-state index in [-0.39, 0.29) is 11.1 Å². The Balaban J connectivity index is 1.49. The van der Waals surface area contributed by atoms with Crippen LogP contribution in [0.2, 0.25) is 0 Å². The van der Waals surface area contributed by atoms with Gasteiger partial charge in [-0.2, -0.15) is 0 Å². The highest BCUT2D eigenvalue weighted by molar-refractivity contribution is 6.30. The summed E-state index contributed by atoms with van der Waals surface area (Å²) in [5, 5.41) is 6.40. The number of furan rings is 1. The highest BCUT2D eigenvalue weighted by Gasteiger charge is 2.20. The van der Waals surface area contributed by atoms with Gasteiger partial charge in [-0.05, 0) is 83.9 Å². The van der Waals surface area contributed by atoms with Gasteiger partial charge >= 0.3 is 0 Å². The summed E-state index contributed by atoms with van der Waals surface area (Å²) in [5.74, 6) is 0. The van der Waals surface area contributed by atoms with Gasteiger partial charge in [0.05, 0.1) is 13.7 Å². The van der Waals surface area contributed by atoms with Gasteiger partial charge in [0.25, 0.3) is 0 Å². The number of para-hydroxylation sites is 1. The molecule has 0 spiro atoms. The van der Waals surface area contributed by atoms with Crippen molar-refractivity contribution in [1.82, 2.24) is 0 Å². The summed E-state index contributed by atoms with van der Waals surface area (Å²) in [5.41, 5.74) is 3.90. The van der Waals surface area contributed by atoms with E-state index in [9.17, 15) is 0 Å². The molecule has 0 fully saturated rings. The molecular weight excluding hydrogens is 496 g/mol. The molecule has 1 nitrogen and oxygen atoms in total. The van der Waals surface area contributed by atoms with Gasteiger partial charge in [-0.25, -0.2) is 0 Å². The zero-order valence-electron chi connectivity index (χ0n) is 31.5. The third-order valence-electron chi connectivity index (χ3n) is 8.01. The number of hydrogen-bond acceptors (Lipinski definition) is 1. The molecule has 9 aromatic rings. The molecule has 9 rings (SSSR count). The van der Waals surface area contributed by atoms with Crippen LogP contribution in [-0.2, 0) is 0 Å². The standard InChI is InChI=1S/C40H24O/c1-3-10-25(11-4-1)34-24-35(26-12-5-2-6-13-26)32-23-22-30-28(20-18-27-19-21-31(34)40(32)38(27)30)29-15-9-17-37-39(29)33-14-7-8-16-36(33)41-37/h1-24H/i1D,2D,3D,4D,5D,6D,10D,11D,12D,13D.